The number of hydrogen-bond donors (Lipinski definition) is 1. The molecule has 1 saturated carbocycles. The Bertz CT molecular complexity index is 1550. The second-order valence-electron chi connectivity index (χ2n) is 9.38. The van der Waals surface area contributed by atoms with Crippen LogP contribution < -0.4 is 15.6 Å². The zero-order valence-corrected chi connectivity index (χ0v) is 23.8. The normalized spacial score (nSPS) is 17.0. The molecule has 1 aromatic heterocycles. The third-order valence-electron chi connectivity index (χ3n) is 6.91. The molecular formula is C26H29ClN4O6S2. The highest BCUT2D eigenvalue weighted by atomic mass is 35.5. The molecule has 2 aliphatic rings. The maximum Gasteiger partial charge on any atom is 0.262 e. The van der Waals surface area contributed by atoms with Crippen LogP contribution in [-0.4, -0.2) is 67.3 Å². The predicted molar refractivity (Wildman–Crippen MR) is 150 cm³/mol. The molecule has 1 N–H and O–H groups in total. The van der Waals surface area contributed by atoms with Crippen LogP contribution in [0.3, 0.4) is 0 Å². The molecule has 39 heavy (non-hydrogen) atoms. The number of ether oxygens (including phenoxy) is 2. The van der Waals surface area contributed by atoms with Crippen LogP contribution in [0, 0.1) is 0 Å². The van der Waals surface area contributed by atoms with E-state index in [4.69, 9.17) is 26.1 Å². The van der Waals surface area contributed by atoms with Gasteiger partial charge in [0.2, 0.25) is 15.9 Å². The lowest BCUT2D eigenvalue weighted by Crippen LogP contribution is -2.40. The Labute approximate surface area is 235 Å². The fourth-order valence-electron chi connectivity index (χ4n) is 4.94. The molecule has 10 nitrogen and oxygen atoms in total. The molecule has 0 radical (unpaired) electrons. The van der Waals surface area contributed by atoms with Crippen LogP contribution in [0.15, 0.2) is 51.2 Å². The van der Waals surface area contributed by atoms with E-state index < -0.39 is 15.9 Å². The van der Waals surface area contributed by atoms with Gasteiger partial charge < -0.3 is 14.8 Å². The quantitative estimate of drug-likeness (QED) is 0.309. The third kappa shape index (κ3) is 5.94. The van der Waals surface area contributed by atoms with Crippen LogP contribution in [0.25, 0.3) is 10.9 Å². The smallest absolute Gasteiger partial charge is 0.262 e. The summed E-state index contributed by atoms with van der Waals surface area (Å²) in [5.41, 5.74) is 0.574. The Morgan fingerprint density at radius 1 is 1.18 bits per heavy atom. The van der Waals surface area contributed by atoms with E-state index >= 15 is 0 Å². The summed E-state index contributed by atoms with van der Waals surface area (Å²) in [6, 6.07) is 9.40. The molecule has 3 aromatic rings. The maximum atomic E-state index is 13.4. The number of amides is 1. The number of fused-ring (bicyclic) bond motifs is 1. The van der Waals surface area contributed by atoms with Crippen molar-refractivity contribution in [2.24, 2.45) is 0 Å². The van der Waals surface area contributed by atoms with E-state index in [-0.39, 0.29) is 41.0 Å². The van der Waals surface area contributed by atoms with Crippen LogP contribution in [0.5, 0.6) is 5.75 Å². The number of aromatic nitrogens is 2. The molecule has 5 rings (SSSR count). The zero-order chi connectivity index (χ0) is 27.6. The molecule has 1 saturated heterocycles. The number of halogens is 1. The molecule has 1 aliphatic carbocycles. The van der Waals surface area contributed by atoms with Gasteiger partial charge in [0.05, 0.1) is 47.6 Å². The lowest BCUT2D eigenvalue weighted by molar-refractivity contribution is -0.113. The van der Waals surface area contributed by atoms with Crippen molar-refractivity contribution in [3.8, 4) is 5.75 Å². The second kappa shape index (κ2) is 11.8. The average Bonchev–Trinajstić information content (AvgIpc) is 3.46. The van der Waals surface area contributed by atoms with E-state index in [1.807, 2.05) is 0 Å². The minimum atomic E-state index is -3.76. The van der Waals surface area contributed by atoms with E-state index in [1.165, 1.54) is 29.6 Å². The molecule has 0 bridgehead atoms. The van der Waals surface area contributed by atoms with Gasteiger partial charge in [0, 0.05) is 24.2 Å². The monoisotopic (exact) mass is 592 g/mol. The van der Waals surface area contributed by atoms with Gasteiger partial charge in [-0.2, -0.15) is 4.31 Å². The number of anilines is 1. The zero-order valence-electron chi connectivity index (χ0n) is 21.4. The number of rotatable bonds is 8. The fraction of sp³-hybridized carbons (Fsp3) is 0.423. The first-order valence-electron chi connectivity index (χ1n) is 12.7. The number of nitrogens with zero attached hydrogens (tertiary/aromatic N) is 3. The summed E-state index contributed by atoms with van der Waals surface area (Å²) < 4.78 is 39.9. The number of hydrogen-bond acceptors (Lipinski definition) is 8. The number of thioether (sulfide) groups is 1. The summed E-state index contributed by atoms with van der Waals surface area (Å²) in [4.78, 5) is 31.2. The molecule has 1 aliphatic heterocycles. The van der Waals surface area contributed by atoms with Crippen molar-refractivity contribution < 1.29 is 22.7 Å². The maximum absolute atomic E-state index is 13.4. The van der Waals surface area contributed by atoms with Crippen LogP contribution in [-0.2, 0) is 19.6 Å². The topological polar surface area (TPSA) is 120 Å². The summed E-state index contributed by atoms with van der Waals surface area (Å²) in [5, 5.41) is 4.18. The highest BCUT2D eigenvalue weighted by Gasteiger charge is 2.28. The number of carbonyl (C=O) groups excluding carboxylic acids is 1. The Balaban J connectivity index is 1.38. The Morgan fingerprint density at radius 3 is 2.64 bits per heavy atom. The van der Waals surface area contributed by atoms with Crippen LogP contribution in [0.1, 0.15) is 31.7 Å². The lowest BCUT2D eigenvalue weighted by Gasteiger charge is -2.26. The molecule has 0 spiro atoms. The van der Waals surface area contributed by atoms with E-state index in [0.717, 1.165) is 37.4 Å². The molecule has 13 heteroatoms. The number of carbonyl (C=O) groups is 1. The Kier molecular flexibility index (Phi) is 8.48. The van der Waals surface area contributed by atoms with E-state index in [1.54, 1.807) is 22.8 Å². The SMILES string of the molecule is COc1ccc(S(=O)(=O)N2CCOCC2)cc1NC(=O)CSc1nc2cc(Cl)ccc2c(=O)n1C1CCCC1. The van der Waals surface area contributed by atoms with Crippen molar-refractivity contribution in [3.63, 3.8) is 0 Å². The van der Waals surface area contributed by atoms with Gasteiger partial charge in [-0.1, -0.05) is 36.2 Å². The van der Waals surface area contributed by atoms with Crippen LogP contribution >= 0.6 is 23.4 Å². The summed E-state index contributed by atoms with van der Waals surface area (Å²) in [5.74, 6) is -0.109. The molecule has 2 fully saturated rings. The predicted octanol–water partition coefficient (Wildman–Crippen LogP) is 3.93. The van der Waals surface area contributed by atoms with Crippen LogP contribution in [0.2, 0.25) is 5.02 Å². The van der Waals surface area contributed by atoms with Crippen LogP contribution in [0.4, 0.5) is 5.69 Å². The van der Waals surface area contributed by atoms with Crippen molar-refractivity contribution in [1.82, 2.24) is 13.9 Å². The first-order valence-corrected chi connectivity index (χ1v) is 15.5. The van der Waals surface area contributed by atoms with Gasteiger partial charge in [-0.3, -0.25) is 14.2 Å². The number of morpholine rings is 1. The van der Waals surface area contributed by atoms with Gasteiger partial charge in [0.15, 0.2) is 5.16 Å². The van der Waals surface area contributed by atoms with Crippen molar-refractivity contribution in [2.45, 2.75) is 41.8 Å². The van der Waals surface area contributed by atoms with E-state index in [9.17, 15) is 18.0 Å². The van der Waals surface area contributed by atoms with E-state index in [2.05, 4.69) is 5.32 Å². The number of nitrogens with one attached hydrogen (secondary N) is 1. The highest BCUT2D eigenvalue weighted by molar-refractivity contribution is 7.99. The van der Waals surface area contributed by atoms with Crippen molar-refractivity contribution in [3.05, 3.63) is 51.8 Å². The van der Waals surface area contributed by atoms with Crippen molar-refractivity contribution in [1.29, 1.82) is 0 Å². The van der Waals surface area contributed by atoms with Gasteiger partial charge in [-0.05, 0) is 49.2 Å². The molecule has 1 amide bonds. The largest absolute Gasteiger partial charge is 0.495 e. The van der Waals surface area contributed by atoms with Crippen molar-refractivity contribution >= 4 is 55.9 Å². The first kappa shape index (κ1) is 27.9. The first-order chi connectivity index (χ1) is 18.8. The summed E-state index contributed by atoms with van der Waals surface area (Å²) in [7, 11) is -2.32. The molecule has 208 valence electrons. The van der Waals surface area contributed by atoms with Gasteiger partial charge in [0.1, 0.15) is 5.75 Å². The standard InChI is InChI=1S/C26H29ClN4O6S2/c1-36-23-9-7-19(39(34,35)30-10-12-37-13-11-30)15-22(23)28-24(32)16-38-26-29-21-14-17(27)6-8-20(21)25(33)31(26)18-4-2-3-5-18/h6-9,14-15,18H,2-5,10-13,16H2,1H3,(H,28,32). The van der Waals surface area contributed by atoms with Crippen molar-refractivity contribution in [2.75, 3.05) is 44.5 Å². The molecule has 2 heterocycles. The van der Waals surface area contributed by atoms with Gasteiger partial charge in [-0.15, -0.1) is 0 Å². The number of sulfonamides is 1. The number of benzene rings is 2. The average molecular weight is 593 g/mol. The minimum absolute atomic E-state index is 0.0257. The summed E-state index contributed by atoms with van der Waals surface area (Å²) in [6.45, 7) is 1.19. The molecular weight excluding hydrogens is 564 g/mol. The third-order valence-corrected chi connectivity index (χ3v) is 9.99. The molecule has 0 atom stereocenters. The fourth-order valence-corrected chi connectivity index (χ4v) is 7.40. The lowest BCUT2D eigenvalue weighted by atomic mass is 10.2. The summed E-state index contributed by atoms with van der Waals surface area (Å²) in [6.07, 6.45) is 3.82. The van der Waals surface area contributed by atoms with E-state index in [0.29, 0.717) is 40.0 Å². The molecule has 0 unspecified atom stereocenters. The van der Waals surface area contributed by atoms with Gasteiger partial charge in [-0.25, -0.2) is 13.4 Å². The highest BCUT2D eigenvalue weighted by Crippen LogP contribution is 2.33. The van der Waals surface area contributed by atoms with Gasteiger partial charge in [0.25, 0.3) is 5.56 Å². The molecule has 2 aromatic carbocycles. The number of methoxy groups -OCH3 is 1. The Hall–Kier alpha value is -2.64. The Morgan fingerprint density at radius 2 is 1.92 bits per heavy atom. The summed E-state index contributed by atoms with van der Waals surface area (Å²) >= 11 is 7.30. The second-order valence-corrected chi connectivity index (χ2v) is 12.7. The minimum Gasteiger partial charge on any atom is -0.495 e. The van der Waals surface area contributed by atoms with Gasteiger partial charge >= 0.3 is 0 Å².